The lowest BCUT2D eigenvalue weighted by molar-refractivity contribution is -0.139. The number of aliphatic carboxylic acids is 1. The molecule has 3 rings (SSSR count). The number of nitrogens with zero attached hydrogens (tertiary/aromatic N) is 1. The number of hydrogen-bond donors (Lipinski definition) is 1. The lowest BCUT2D eigenvalue weighted by Crippen LogP contribution is -2.37. The lowest BCUT2D eigenvalue weighted by atomic mass is 9.89. The molecule has 2 aromatic rings. The first kappa shape index (κ1) is 16.5. The molecule has 0 aliphatic carbocycles. The van der Waals surface area contributed by atoms with E-state index in [1.54, 1.807) is 6.07 Å². The van der Waals surface area contributed by atoms with Gasteiger partial charge in [0.1, 0.15) is 5.75 Å². The zero-order chi connectivity index (χ0) is 16.9. The second-order valence-electron chi connectivity index (χ2n) is 5.80. The zero-order valence-corrected chi connectivity index (χ0v) is 14.0. The Morgan fingerprint density at radius 3 is 2.67 bits per heavy atom. The van der Waals surface area contributed by atoms with Gasteiger partial charge in [-0.05, 0) is 47.9 Å². The summed E-state index contributed by atoms with van der Waals surface area (Å²) in [4.78, 5) is 25.7. The van der Waals surface area contributed by atoms with Crippen molar-refractivity contribution in [2.45, 2.75) is 18.8 Å². The Bertz CT molecular complexity index is 706. The van der Waals surface area contributed by atoms with Crippen LogP contribution in [0.1, 0.15) is 34.0 Å². The van der Waals surface area contributed by atoms with Crippen molar-refractivity contribution in [3.8, 4) is 5.75 Å². The number of ether oxygens (including phenoxy) is 1. The molecule has 1 fully saturated rings. The fourth-order valence-electron chi connectivity index (χ4n) is 2.98. The van der Waals surface area contributed by atoms with Crippen LogP contribution in [0.5, 0.6) is 5.75 Å². The minimum atomic E-state index is -0.985. The number of hydrogen-bond acceptors (Lipinski definition) is 4. The summed E-state index contributed by atoms with van der Waals surface area (Å²) in [5.74, 6) is 0.0700. The lowest BCUT2D eigenvalue weighted by Gasteiger charge is -2.32. The molecule has 1 N–H and O–H groups in total. The van der Waals surface area contributed by atoms with E-state index < -0.39 is 5.97 Å². The topological polar surface area (TPSA) is 66.8 Å². The van der Waals surface area contributed by atoms with Crippen LogP contribution in [0.3, 0.4) is 0 Å². The van der Waals surface area contributed by atoms with Crippen LogP contribution in [-0.4, -0.2) is 41.6 Å². The number of rotatable bonds is 5. The minimum absolute atomic E-state index is 0.113. The molecule has 1 aliphatic rings. The summed E-state index contributed by atoms with van der Waals surface area (Å²) < 4.78 is 5.24. The molecule has 0 unspecified atom stereocenters. The van der Waals surface area contributed by atoms with Gasteiger partial charge in [0.2, 0.25) is 0 Å². The molecule has 1 aliphatic heterocycles. The van der Waals surface area contributed by atoms with Gasteiger partial charge in [0.15, 0.2) is 6.61 Å². The van der Waals surface area contributed by atoms with Crippen molar-refractivity contribution in [1.82, 2.24) is 4.90 Å². The van der Waals surface area contributed by atoms with Crippen molar-refractivity contribution < 1.29 is 19.4 Å². The average Bonchev–Trinajstić information content (AvgIpc) is 3.14. The van der Waals surface area contributed by atoms with Gasteiger partial charge in [0.25, 0.3) is 5.91 Å². The highest BCUT2D eigenvalue weighted by Gasteiger charge is 2.25. The fourth-order valence-corrected chi connectivity index (χ4v) is 3.67. The maximum Gasteiger partial charge on any atom is 0.341 e. The first-order chi connectivity index (χ1) is 11.6. The number of piperidine rings is 1. The molecule has 126 valence electrons. The summed E-state index contributed by atoms with van der Waals surface area (Å²) in [7, 11) is 0. The van der Waals surface area contributed by atoms with E-state index in [1.165, 1.54) is 11.3 Å². The van der Waals surface area contributed by atoms with Crippen molar-refractivity contribution in [3.63, 3.8) is 0 Å². The van der Waals surface area contributed by atoms with E-state index in [0.717, 1.165) is 36.4 Å². The molecule has 1 aromatic carbocycles. The molecule has 1 saturated heterocycles. The molecule has 0 radical (unpaired) electrons. The molecule has 0 atom stereocenters. The highest BCUT2D eigenvalue weighted by molar-refractivity contribution is 7.12. The third-order valence-electron chi connectivity index (χ3n) is 4.21. The van der Waals surface area contributed by atoms with Gasteiger partial charge in [0.05, 0.1) is 4.88 Å². The second kappa shape index (κ2) is 7.49. The number of benzene rings is 1. The summed E-state index contributed by atoms with van der Waals surface area (Å²) in [6, 6.07) is 11.4. The highest BCUT2D eigenvalue weighted by Crippen LogP contribution is 2.31. The van der Waals surface area contributed by atoms with Gasteiger partial charge >= 0.3 is 5.97 Å². The van der Waals surface area contributed by atoms with Gasteiger partial charge in [0, 0.05) is 13.1 Å². The summed E-state index contributed by atoms with van der Waals surface area (Å²) in [5.41, 5.74) is 1.14. The molecule has 2 heterocycles. The Balaban J connectivity index is 1.59. The molecule has 6 heteroatoms. The van der Waals surface area contributed by atoms with E-state index in [4.69, 9.17) is 9.84 Å². The minimum Gasteiger partial charge on any atom is -0.482 e. The number of carboxylic acids is 1. The van der Waals surface area contributed by atoms with Gasteiger partial charge in [-0.25, -0.2) is 4.79 Å². The maximum atomic E-state index is 12.4. The van der Waals surface area contributed by atoms with Crippen LogP contribution >= 0.6 is 11.3 Å². The van der Waals surface area contributed by atoms with Gasteiger partial charge in [-0.3, -0.25) is 4.79 Å². The van der Waals surface area contributed by atoms with Crippen LogP contribution in [-0.2, 0) is 4.79 Å². The van der Waals surface area contributed by atoms with Gasteiger partial charge in [-0.2, -0.15) is 0 Å². The molecule has 24 heavy (non-hydrogen) atoms. The largest absolute Gasteiger partial charge is 0.482 e. The van der Waals surface area contributed by atoms with Crippen molar-refractivity contribution in [2.24, 2.45) is 0 Å². The third-order valence-corrected chi connectivity index (χ3v) is 5.06. The Hall–Kier alpha value is -2.34. The molecule has 1 amide bonds. The zero-order valence-electron chi connectivity index (χ0n) is 13.2. The monoisotopic (exact) mass is 345 g/mol. The number of thiophene rings is 1. The van der Waals surface area contributed by atoms with Crippen LogP contribution in [0, 0.1) is 0 Å². The molecular weight excluding hydrogens is 326 g/mol. The highest BCUT2D eigenvalue weighted by atomic mass is 32.1. The van der Waals surface area contributed by atoms with Gasteiger partial charge in [-0.1, -0.05) is 18.2 Å². The quantitative estimate of drug-likeness (QED) is 0.903. The van der Waals surface area contributed by atoms with Crippen LogP contribution in [0.2, 0.25) is 0 Å². The van der Waals surface area contributed by atoms with Gasteiger partial charge in [-0.15, -0.1) is 11.3 Å². The molecule has 0 saturated carbocycles. The van der Waals surface area contributed by atoms with E-state index in [1.807, 2.05) is 40.6 Å². The summed E-state index contributed by atoms with van der Waals surface area (Å²) in [5, 5.41) is 10.6. The van der Waals surface area contributed by atoms with E-state index >= 15 is 0 Å². The molecule has 5 nitrogen and oxygen atoms in total. The first-order valence-electron chi connectivity index (χ1n) is 7.91. The number of carbonyl (C=O) groups excluding carboxylic acids is 1. The summed E-state index contributed by atoms with van der Waals surface area (Å²) in [6.07, 6.45) is 1.80. The smallest absolute Gasteiger partial charge is 0.341 e. The van der Waals surface area contributed by atoms with Crippen LogP contribution < -0.4 is 4.74 Å². The summed E-state index contributed by atoms with van der Waals surface area (Å²) >= 11 is 1.48. The summed E-state index contributed by atoms with van der Waals surface area (Å²) in [6.45, 7) is 1.14. The SMILES string of the molecule is O=C(O)COc1cccc(C2CCN(C(=O)c3cccs3)CC2)c1. The van der Waals surface area contributed by atoms with Crippen molar-refractivity contribution >= 4 is 23.2 Å². The van der Waals surface area contributed by atoms with Crippen molar-refractivity contribution in [3.05, 3.63) is 52.2 Å². The Morgan fingerprint density at radius 1 is 1.21 bits per heavy atom. The van der Waals surface area contributed by atoms with Crippen molar-refractivity contribution in [1.29, 1.82) is 0 Å². The maximum absolute atomic E-state index is 12.4. The molecule has 0 bridgehead atoms. The van der Waals surface area contributed by atoms with E-state index in [2.05, 4.69) is 0 Å². The number of carboxylic acid groups (broad SMARTS) is 1. The van der Waals surface area contributed by atoms with Crippen molar-refractivity contribution in [2.75, 3.05) is 19.7 Å². The molecule has 1 aromatic heterocycles. The van der Waals surface area contributed by atoms with E-state index in [0.29, 0.717) is 11.7 Å². The fraction of sp³-hybridized carbons (Fsp3) is 0.333. The number of likely N-dealkylation sites (tertiary alicyclic amines) is 1. The molecular formula is C18H19NO4S. The third kappa shape index (κ3) is 3.94. The average molecular weight is 345 g/mol. The van der Waals surface area contributed by atoms with Crippen LogP contribution in [0.4, 0.5) is 0 Å². The normalized spacial score (nSPS) is 15.2. The predicted molar refractivity (Wildman–Crippen MR) is 91.8 cm³/mol. The Kier molecular flexibility index (Phi) is 5.15. The van der Waals surface area contributed by atoms with Crippen LogP contribution in [0.25, 0.3) is 0 Å². The van der Waals surface area contributed by atoms with Gasteiger partial charge < -0.3 is 14.7 Å². The van der Waals surface area contributed by atoms with E-state index in [-0.39, 0.29) is 12.5 Å². The Labute approximate surface area is 144 Å². The first-order valence-corrected chi connectivity index (χ1v) is 8.79. The molecule has 0 spiro atoms. The Morgan fingerprint density at radius 2 is 2.00 bits per heavy atom. The second-order valence-corrected chi connectivity index (χ2v) is 6.75. The number of amides is 1. The van der Waals surface area contributed by atoms with Crippen LogP contribution in [0.15, 0.2) is 41.8 Å². The standard InChI is InChI=1S/C18H19NO4S/c20-17(21)12-23-15-4-1-3-14(11-15)13-6-8-19(9-7-13)18(22)16-5-2-10-24-16/h1-5,10-11,13H,6-9,12H2,(H,20,21). The predicted octanol–water partition coefficient (Wildman–Crippen LogP) is 3.23. The number of carbonyl (C=O) groups is 2. The van der Waals surface area contributed by atoms with E-state index in [9.17, 15) is 9.59 Å².